The molecule has 0 amide bonds. The molecule has 1 atom stereocenters. The molecule has 0 aromatic carbocycles. The van der Waals surface area contributed by atoms with Gasteiger partial charge < -0.3 is 10.2 Å². The molecule has 0 aliphatic heterocycles. The summed E-state index contributed by atoms with van der Waals surface area (Å²) < 4.78 is 5.88. The molecule has 5 nitrogen and oxygen atoms in total. The molecule has 5 heteroatoms. The zero-order valence-electron chi connectivity index (χ0n) is 13.6. The topological polar surface area (TPSA) is 73.1 Å². The maximum atomic E-state index is 5.88. The largest absolute Gasteiger partial charge is 0.477 e. The summed E-state index contributed by atoms with van der Waals surface area (Å²) in [6, 6.07) is 0. The van der Waals surface area contributed by atoms with E-state index in [0.717, 1.165) is 24.2 Å². The zero-order valence-corrected chi connectivity index (χ0v) is 13.6. The first kappa shape index (κ1) is 16.7. The molecule has 1 heterocycles. The summed E-state index contributed by atoms with van der Waals surface area (Å²) in [5, 5.41) is 0. The minimum absolute atomic E-state index is 0.146. The van der Waals surface area contributed by atoms with Gasteiger partial charge in [-0.15, -0.1) is 0 Å². The quantitative estimate of drug-likeness (QED) is 0.618. The predicted molar refractivity (Wildman–Crippen MR) is 82.8 cm³/mol. The average Bonchev–Trinajstić information content (AvgIpc) is 2.36. The molecular weight excluding hydrogens is 252 g/mol. The van der Waals surface area contributed by atoms with Gasteiger partial charge in [-0.05, 0) is 19.3 Å². The minimum Gasteiger partial charge on any atom is -0.477 e. The van der Waals surface area contributed by atoms with Crippen LogP contribution >= 0.6 is 0 Å². The number of nitrogen functional groups attached to an aromatic ring is 1. The predicted octanol–water partition coefficient (Wildman–Crippen LogP) is 3.18. The highest BCUT2D eigenvalue weighted by Gasteiger charge is 2.21. The normalized spacial score (nSPS) is 13.2. The summed E-state index contributed by atoms with van der Waals surface area (Å²) in [5.74, 6) is 8.04. The molecular formula is C15H28N4O. The lowest BCUT2D eigenvalue weighted by atomic mass is 9.95. The summed E-state index contributed by atoms with van der Waals surface area (Å²) in [4.78, 5) is 9.01. The SMILES string of the molecule is CCCC(C)COc1nc(C(C)(C)C)nc(NN)c1C. The van der Waals surface area contributed by atoms with Crippen molar-refractivity contribution >= 4 is 5.82 Å². The Bertz CT molecular complexity index is 440. The van der Waals surface area contributed by atoms with Crippen LogP contribution in [0.25, 0.3) is 0 Å². The Morgan fingerprint density at radius 2 is 1.95 bits per heavy atom. The van der Waals surface area contributed by atoms with Crippen molar-refractivity contribution in [1.82, 2.24) is 9.97 Å². The highest BCUT2D eigenvalue weighted by molar-refractivity contribution is 5.48. The first-order chi connectivity index (χ1) is 9.29. The summed E-state index contributed by atoms with van der Waals surface area (Å²) in [6.07, 6.45) is 2.31. The number of hydrogen-bond acceptors (Lipinski definition) is 5. The minimum atomic E-state index is -0.146. The van der Waals surface area contributed by atoms with E-state index in [1.165, 1.54) is 0 Å². The van der Waals surface area contributed by atoms with Gasteiger partial charge in [0.2, 0.25) is 5.88 Å². The van der Waals surface area contributed by atoms with Crippen molar-refractivity contribution in [2.45, 2.75) is 59.8 Å². The van der Waals surface area contributed by atoms with Crippen LogP contribution in [0.15, 0.2) is 0 Å². The average molecular weight is 280 g/mol. The van der Waals surface area contributed by atoms with Gasteiger partial charge in [-0.1, -0.05) is 41.0 Å². The first-order valence-corrected chi connectivity index (χ1v) is 7.28. The van der Waals surface area contributed by atoms with Gasteiger partial charge in [-0.2, -0.15) is 4.98 Å². The number of nitrogens with one attached hydrogen (secondary N) is 1. The second-order valence-corrected chi connectivity index (χ2v) is 6.43. The third kappa shape index (κ3) is 4.34. The highest BCUT2D eigenvalue weighted by Crippen LogP contribution is 2.27. The van der Waals surface area contributed by atoms with Crippen LogP contribution in [-0.4, -0.2) is 16.6 Å². The van der Waals surface area contributed by atoms with Gasteiger partial charge in [0.25, 0.3) is 0 Å². The fourth-order valence-electron chi connectivity index (χ4n) is 1.91. The van der Waals surface area contributed by atoms with Crippen molar-refractivity contribution < 1.29 is 4.74 Å². The standard InChI is InChI=1S/C15H28N4O/c1-7-8-10(2)9-20-13-11(3)12(19-16)17-14(18-13)15(4,5)6/h10H,7-9,16H2,1-6H3,(H,17,18,19). The lowest BCUT2D eigenvalue weighted by Crippen LogP contribution is -2.21. The van der Waals surface area contributed by atoms with Crippen molar-refractivity contribution in [3.8, 4) is 5.88 Å². The Labute approximate surface area is 122 Å². The van der Waals surface area contributed by atoms with Gasteiger partial charge >= 0.3 is 0 Å². The van der Waals surface area contributed by atoms with Crippen molar-refractivity contribution in [2.75, 3.05) is 12.0 Å². The van der Waals surface area contributed by atoms with Crippen LogP contribution in [0.5, 0.6) is 5.88 Å². The lowest BCUT2D eigenvalue weighted by molar-refractivity contribution is 0.239. The number of aromatic nitrogens is 2. The number of ether oxygens (including phenoxy) is 1. The van der Waals surface area contributed by atoms with Crippen molar-refractivity contribution in [1.29, 1.82) is 0 Å². The monoisotopic (exact) mass is 280 g/mol. The zero-order chi connectivity index (χ0) is 15.3. The fourth-order valence-corrected chi connectivity index (χ4v) is 1.91. The Hall–Kier alpha value is -1.36. The van der Waals surface area contributed by atoms with Crippen LogP contribution in [-0.2, 0) is 5.41 Å². The van der Waals surface area contributed by atoms with E-state index in [-0.39, 0.29) is 5.41 Å². The van der Waals surface area contributed by atoms with Gasteiger partial charge in [-0.3, -0.25) is 0 Å². The first-order valence-electron chi connectivity index (χ1n) is 7.28. The molecule has 0 saturated heterocycles. The Balaban J connectivity index is 2.99. The van der Waals surface area contributed by atoms with Crippen LogP contribution in [0.4, 0.5) is 5.82 Å². The maximum Gasteiger partial charge on any atom is 0.221 e. The fraction of sp³-hybridized carbons (Fsp3) is 0.733. The molecule has 1 rings (SSSR count). The second kappa shape index (κ2) is 6.88. The molecule has 114 valence electrons. The second-order valence-electron chi connectivity index (χ2n) is 6.43. The number of nitrogens with two attached hydrogens (primary N) is 1. The molecule has 1 aromatic heterocycles. The number of rotatable bonds is 6. The van der Waals surface area contributed by atoms with Crippen LogP contribution in [0.1, 0.15) is 58.8 Å². The summed E-state index contributed by atoms with van der Waals surface area (Å²) in [6.45, 7) is 13.2. The molecule has 0 bridgehead atoms. The van der Waals surface area contributed by atoms with E-state index in [0.29, 0.717) is 24.2 Å². The van der Waals surface area contributed by atoms with Gasteiger partial charge in [0.15, 0.2) is 5.82 Å². The van der Waals surface area contributed by atoms with Gasteiger partial charge in [-0.25, -0.2) is 10.8 Å². The van der Waals surface area contributed by atoms with Gasteiger partial charge in [0, 0.05) is 5.41 Å². The van der Waals surface area contributed by atoms with Crippen molar-refractivity contribution in [3.05, 3.63) is 11.4 Å². The summed E-state index contributed by atoms with van der Waals surface area (Å²) >= 11 is 0. The molecule has 20 heavy (non-hydrogen) atoms. The van der Waals surface area contributed by atoms with Crippen LogP contribution < -0.4 is 16.0 Å². The third-order valence-electron chi connectivity index (χ3n) is 3.19. The van der Waals surface area contributed by atoms with Gasteiger partial charge in [0.05, 0.1) is 12.2 Å². The molecule has 0 fully saturated rings. The number of anilines is 1. The van der Waals surface area contributed by atoms with Crippen molar-refractivity contribution in [2.24, 2.45) is 11.8 Å². The molecule has 0 radical (unpaired) electrons. The molecule has 0 saturated carbocycles. The van der Waals surface area contributed by atoms with E-state index < -0.39 is 0 Å². The summed E-state index contributed by atoms with van der Waals surface area (Å²) in [5.41, 5.74) is 3.33. The van der Waals surface area contributed by atoms with Crippen molar-refractivity contribution in [3.63, 3.8) is 0 Å². The molecule has 0 aliphatic rings. The number of nitrogens with zero attached hydrogens (tertiary/aromatic N) is 2. The lowest BCUT2D eigenvalue weighted by Gasteiger charge is -2.21. The van der Waals surface area contributed by atoms with E-state index in [2.05, 4.69) is 50.0 Å². The molecule has 0 aliphatic carbocycles. The maximum absolute atomic E-state index is 5.88. The van der Waals surface area contributed by atoms with Gasteiger partial charge in [0.1, 0.15) is 5.82 Å². The van der Waals surface area contributed by atoms with E-state index in [1.807, 2.05) is 6.92 Å². The molecule has 3 N–H and O–H groups in total. The van der Waals surface area contributed by atoms with E-state index in [4.69, 9.17) is 10.6 Å². The summed E-state index contributed by atoms with van der Waals surface area (Å²) in [7, 11) is 0. The van der Waals surface area contributed by atoms with E-state index >= 15 is 0 Å². The Morgan fingerprint density at radius 3 is 2.45 bits per heavy atom. The van der Waals surface area contributed by atoms with Crippen LogP contribution in [0.2, 0.25) is 0 Å². The van der Waals surface area contributed by atoms with Crippen LogP contribution in [0.3, 0.4) is 0 Å². The molecule has 0 spiro atoms. The van der Waals surface area contributed by atoms with E-state index in [1.54, 1.807) is 0 Å². The third-order valence-corrected chi connectivity index (χ3v) is 3.19. The molecule has 1 unspecified atom stereocenters. The smallest absolute Gasteiger partial charge is 0.221 e. The Kier molecular flexibility index (Phi) is 5.74. The highest BCUT2D eigenvalue weighted by atomic mass is 16.5. The number of hydrazine groups is 1. The molecule has 1 aromatic rings. The van der Waals surface area contributed by atoms with Crippen LogP contribution in [0, 0.1) is 12.8 Å². The Morgan fingerprint density at radius 1 is 1.30 bits per heavy atom. The number of hydrogen-bond donors (Lipinski definition) is 2. The van der Waals surface area contributed by atoms with E-state index in [9.17, 15) is 0 Å².